The number of likely N-dealkylation sites (tertiary alicyclic amines) is 1. The van der Waals surface area contributed by atoms with Crippen molar-refractivity contribution in [1.29, 1.82) is 0 Å². The molecule has 0 aromatic carbocycles. The van der Waals surface area contributed by atoms with E-state index in [1.165, 1.54) is 64.5 Å². The smallest absolute Gasteiger partial charge is 0.170 e. The molecule has 3 saturated heterocycles. The molecule has 0 aromatic heterocycles. The average molecular weight is 613 g/mol. The molecular weight excluding hydrogens is 548 g/mol. The van der Waals surface area contributed by atoms with E-state index in [0.717, 1.165) is 50.7 Å². The first kappa shape index (κ1) is 31.1. The van der Waals surface area contributed by atoms with Crippen molar-refractivity contribution in [3.8, 4) is 0 Å². The van der Waals surface area contributed by atoms with Crippen LogP contribution in [-0.4, -0.2) is 92.5 Å². The number of ether oxygens (including phenoxy) is 4. The van der Waals surface area contributed by atoms with Crippen LogP contribution in [0.15, 0.2) is 0 Å². The fourth-order valence-corrected chi connectivity index (χ4v) is 14.2. The van der Waals surface area contributed by atoms with Crippen molar-refractivity contribution in [1.82, 2.24) is 9.80 Å². The Kier molecular flexibility index (Phi) is 7.33. The fraction of sp³-hybridized carbons (Fsp3) is 1.00. The van der Waals surface area contributed by atoms with Crippen LogP contribution in [-0.2, 0) is 18.9 Å². The molecule has 0 bridgehead atoms. The van der Waals surface area contributed by atoms with E-state index in [1.54, 1.807) is 0 Å². The van der Waals surface area contributed by atoms with Gasteiger partial charge in [-0.15, -0.1) is 0 Å². The molecule has 250 valence electrons. The van der Waals surface area contributed by atoms with Crippen LogP contribution in [0.1, 0.15) is 107 Å². The monoisotopic (exact) mass is 612 g/mol. The Morgan fingerprint density at radius 2 is 1.61 bits per heavy atom. The summed E-state index contributed by atoms with van der Waals surface area (Å²) >= 11 is 0. The topological polar surface area (TPSA) is 43.4 Å². The lowest BCUT2D eigenvalue weighted by Crippen LogP contribution is -2.64. The van der Waals surface area contributed by atoms with E-state index in [4.69, 9.17) is 18.9 Å². The number of nitrogens with zero attached hydrogens (tertiary/aromatic N) is 2. The van der Waals surface area contributed by atoms with Gasteiger partial charge in [0.2, 0.25) is 0 Å². The van der Waals surface area contributed by atoms with E-state index in [-0.39, 0.29) is 35.4 Å². The van der Waals surface area contributed by atoms with Gasteiger partial charge in [0.25, 0.3) is 0 Å². The van der Waals surface area contributed by atoms with Gasteiger partial charge < -0.3 is 18.9 Å². The maximum atomic E-state index is 7.03. The summed E-state index contributed by atoms with van der Waals surface area (Å²) in [5, 5.41) is 0. The Balaban J connectivity index is 1.01. The van der Waals surface area contributed by atoms with E-state index < -0.39 is 0 Å². The molecule has 44 heavy (non-hydrogen) atoms. The van der Waals surface area contributed by atoms with Crippen LogP contribution >= 0.6 is 0 Å². The van der Waals surface area contributed by atoms with Crippen LogP contribution in [0.5, 0.6) is 0 Å². The molecule has 5 saturated carbocycles. The second kappa shape index (κ2) is 10.4. The normalized spacial score (nSPS) is 53.7. The van der Waals surface area contributed by atoms with Gasteiger partial charge in [-0.3, -0.25) is 9.80 Å². The van der Waals surface area contributed by atoms with Gasteiger partial charge in [0, 0.05) is 56.9 Å². The van der Waals surface area contributed by atoms with Gasteiger partial charge in [-0.05, 0) is 117 Å². The molecular formula is C38H64N2O4. The summed E-state index contributed by atoms with van der Waals surface area (Å²) in [6.45, 7) is 26.7. The second-order valence-electron chi connectivity index (χ2n) is 18.4. The van der Waals surface area contributed by atoms with E-state index in [1.807, 2.05) is 0 Å². The third-order valence-corrected chi connectivity index (χ3v) is 16.5. The number of fused-ring (bicyclic) bond motifs is 4. The first-order chi connectivity index (χ1) is 20.9. The molecule has 6 heteroatoms. The van der Waals surface area contributed by atoms with Crippen molar-refractivity contribution in [3.05, 3.63) is 0 Å². The van der Waals surface area contributed by atoms with Crippen LogP contribution in [0, 0.1) is 50.7 Å². The minimum Gasteiger partial charge on any atom is -0.375 e. The predicted octanol–water partition coefficient (Wildman–Crippen LogP) is 6.61. The Hall–Kier alpha value is -0.240. The summed E-state index contributed by atoms with van der Waals surface area (Å²) < 4.78 is 26.9. The van der Waals surface area contributed by atoms with Crippen molar-refractivity contribution >= 4 is 0 Å². The Labute approximate surface area is 268 Å². The summed E-state index contributed by atoms with van der Waals surface area (Å²) in [5.41, 5.74) is 1.64. The molecule has 12 atom stereocenters. The maximum Gasteiger partial charge on any atom is 0.170 e. The lowest BCUT2D eigenvalue weighted by atomic mass is 9.41. The summed E-state index contributed by atoms with van der Waals surface area (Å²) in [7, 11) is 0. The second-order valence-corrected chi connectivity index (χ2v) is 18.4. The first-order valence-electron chi connectivity index (χ1n) is 18.9. The van der Waals surface area contributed by atoms with E-state index >= 15 is 0 Å². The van der Waals surface area contributed by atoms with E-state index in [0.29, 0.717) is 34.2 Å². The molecule has 5 aliphatic carbocycles. The van der Waals surface area contributed by atoms with Crippen molar-refractivity contribution in [3.63, 3.8) is 0 Å². The largest absolute Gasteiger partial charge is 0.375 e. The highest BCUT2D eigenvalue weighted by atomic mass is 16.7. The van der Waals surface area contributed by atoms with Crippen LogP contribution in [0.25, 0.3) is 0 Å². The molecule has 2 spiro atoms. The Morgan fingerprint density at radius 1 is 0.864 bits per heavy atom. The molecule has 0 radical (unpaired) electrons. The Bertz CT molecular complexity index is 1110. The third-order valence-electron chi connectivity index (χ3n) is 16.5. The van der Waals surface area contributed by atoms with Crippen molar-refractivity contribution in [2.45, 2.75) is 143 Å². The number of hydrogen-bond acceptors (Lipinski definition) is 6. The molecule has 0 N–H and O–H groups in total. The molecule has 0 aromatic rings. The molecule has 0 amide bonds. The minimum absolute atomic E-state index is 0.0789. The summed E-state index contributed by atoms with van der Waals surface area (Å²) in [6.07, 6.45) is 11.4. The molecule has 3 heterocycles. The molecule has 8 rings (SSSR count). The lowest BCUT2D eigenvalue weighted by molar-refractivity contribution is -0.254. The SMILES string of the molecule is CCO[C@H]1C2OCC[C@@H](C)[C@@H]2[C@@]2(C)CCC34C[C@@]35CC[C@H](O[C@H]3CN(C6CN(C(C)C)C6)CCO3)C(C)(C)[C@@H]5CCC4[C@]12C. The van der Waals surface area contributed by atoms with Crippen molar-refractivity contribution < 1.29 is 18.9 Å². The van der Waals surface area contributed by atoms with Gasteiger partial charge in [-0.2, -0.15) is 0 Å². The number of morpholine rings is 1. The number of hydrogen-bond donors (Lipinski definition) is 0. The molecule has 3 unspecified atom stereocenters. The highest BCUT2D eigenvalue weighted by Crippen LogP contribution is 2.89. The van der Waals surface area contributed by atoms with Crippen LogP contribution < -0.4 is 0 Å². The molecule has 6 nitrogen and oxygen atoms in total. The third kappa shape index (κ3) is 3.94. The average Bonchev–Trinajstić information content (AvgIpc) is 3.57. The minimum atomic E-state index is -0.0789. The zero-order valence-electron chi connectivity index (χ0n) is 29.4. The first-order valence-corrected chi connectivity index (χ1v) is 18.9. The predicted molar refractivity (Wildman–Crippen MR) is 173 cm³/mol. The zero-order valence-corrected chi connectivity index (χ0v) is 29.4. The summed E-state index contributed by atoms with van der Waals surface area (Å²) in [6, 6.07) is 1.32. The van der Waals surface area contributed by atoms with E-state index in [2.05, 4.69) is 65.2 Å². The van der Waals surface area contributed by atoms with Gasteiger partial charge in [0.15, 0.2) is 6.29 Å². The van der Waals surface area contributed by atoms with Crippen LogP contribution in [0.2, 0.25) is 0 Å². The summed E-state index contributed by atoms with van der Waals surface area (Å²) in [4.78, 5) is 5.24. The number of rotatable bonds is 6. The maximum absolute atomic E-state index is 7.03. The quantitative estimate of drug-likeness (QED) is 0.336. The van der Waals surface area contributed by atoms with Gasteiger partial charge >= 0.3 is 0 Å². The molecule has 3 aliphatic heterocycles. The highest BCUT2D eigenvalue weighted by Gasteiger charge is 2.84. The fourth-order valence-electron chi connectivity index (χ4n) is 14.2. The molecule has 8 aliphatic rings. The van der Waals surface area contributed by atoms with Gasteiger partial charge in [0.05, 0.1) is 24.9 Å². The van der Waals surface area contributed by atoms with Crippen LogP contribution in [0.3, 0.4) is 0 Å². The summed E-state index contributed by atoms with van der Waals surface area (Å²) in [5.74, 6) is 2.85. The van der Waals surface area contributed by atoms with Crippen LogP contribution in [0.4, 0.5) is 0 Å². The Morgan fingerprint density at radius 3 is 2.36 bits per heavy atom. The molecule has 8 fully saturated rings. The standard InChI is InChI=1S/C38H64N2O4/c1-9-41-33-32-31(25(4)13-18-43-32)35(7)15-16-38-23-37(38)14-12-29(34(5,6)27(37)10-11-28(38)36(33,35)8)44-30-22-39(17-19-42-30)26-20-40(21-26)24(2)3/h24-33H,9-23H2,1-8H3/t25-,27+,28?,29+,30+,31+,32?,33+,35-,36-,37-,38?/m1/s1. The lowest BCUT2D eigenvalue weighted by Gasteiger charge is -2.64. The van der Waals surface area contributed by atoms with Crippen molar-refractivity contribution in [2.24, 2.45) is 50.7 Å². The van der Waals surface area contributed by atoms with Gasteiger partial charge in [0.1, 0.15) is 0 Å². The van der Waals surface area contributed by atoms with Gasteiger partial charge in [-0.25, -0.2) is 0 Å². The zero-order chi connectivity index (χ0) is 30.9. The van der Waals surface area contributed by atoms with Crippen molar-refractivity contribution in [2.75, 3.05) is 46.0 Å². The highest BCUT2D eigenvalue weighted by molar-refractivity contribution is 5.33. The van der Waals surface area contributed by atoms with Gasteiger partial charge in [-0.1, -0.05) is 34.6 Å². The van der Waals surface area contributed by atoms with E-state index in [9.17, 15) is 0 Å².